The minimum absolute atomic E-state index is 0.0239. The lowest BCUT2D eigenvalue weighted by Gasteiger charge is -2.19. The quantitative estimate of drug-likeness (QED) is 0.188. The first-order chi connectivity index (χ1) is 17.6. The molecule has 0 saturated carbocycles. The number of carbonyl (C=O) groups excluding carboxylic acids is 2. The highest BCUT2D eigenvalue weighted by atomic mass is 32.2. The minimum atomic E-state index is -0.624. The fraction of sp³-hybridized carbons (Fsp3) is 0.273. The summed E-state index contributed by atoms with van der Waals surface area (Å²) < 4.78 is 4.98. The van der Waals surface area contributed by atoms with Gasteiger partial charge in [0, 0.05) is 17.7 Å². The number of nitrogens with one attached hydrogen (secondary N) is 3. The number of H-pyrrole nitrogens is 1. The van der Waals surface area contributed by atoms with Crippen LogP contribution in [0.2, 0.25) is 0 Å². The molecule has 15 heteroatoms. The minimum Gasteiger partial charge on any atom is -0.496 e. The maximum Gasteiger partial charge on any atom is 0.296 e. The number of non-ortho nitro benzene ring substituents is 1. The molecular formula is C22H23N7O7S. The number of rotatable bonds is 11. The van der Waals surface area contributed by atoms with Crippen LogP contribution in [0.4, 0.5) is 17.1 Å². The number of nitro benzene ring substituents is 2. The fourth-order valence-corrected chi connectivity index (χ4v) is 3.81. The summed E-state index contributed by atoms with van der Waals surface area (Å²) in [6.45, 7) is 3.70. The average Bonchev–Trinajstić information content (AvgIpc) is 3.34. The molecule has 1 aromatic heterocycles. The fourth-order valence-electron chi connectivity index (χ4n) is 3.21. The van der Waals surface area contributed by atoms with Crippen LogP contribution < -0.4 is 15.4 Å². The third kappa shape index (κ3) is 7.00. The van der Waals surface area contributed by atoms with Crippen LogP contribution in [0.15, 0.2) is 47.6 Å². The van der Waals surface area contributed by atoms with Crippen LogP contribution in [0.5, 0.6) is 5.75 Å². The monoisotopic (exact) mass is 529 g/mol. The second kappa shape index (κ2) is 11.9. The van der Waals surface area contributed by atoms with E-state index in [1.54, 1.807) is 0 Å². The number of amides is 2. The van der Waals surface area contributed by atoms with Crippen LogP contribution in [-0.2, 0) is 4.79 Å². The van der Waals surface area contributed by atoms with Gasteiger partial charge in [-0.15, -0.1) is 5.10 Å². The van der Waals surface area contributed by atoms with Crippen molar-refractivity contribution < 1.29 is 24.2 Å². The molecule has 0 radical (unpaired) electrons. The van der Waals surface area contributed by atoms with E-state index in [1.807, 2.05) is 13.8 Å². The molecular weight excluding hydrogens is 506 g/mol. The van der Waals surface area contributed by atoms with Crippen LogP contribution in [0.1, 0.15) is 36.1 Å². The summed E-state index contributed by atoms with van der Waals surface area (Å²) in [5.74, 6) is -0.663. The van der Waals surface area contributed by atoms with E-state index in [2.05, 4.69) is 25.8 Å². The zero-order valence-electron chi connectivity index (χ0n) is 20.0. The first-order valence-corrected chi connectivity index (χ1v) is 11.8. The van der Waals surface area contributed by atoms with Crippen molar-refractivity contribution in [3.05, 3.63) is 74.1 Å². The number of hydrogen-bond acceptors (Lipinski definition) is 10. The molecule has 0 unspecified atom stereocenters. The summed E-state index contributed by atoms with van der Waals surface area (Å²) in [6, 6.07) is 8.84. The lowest BCUT2D eigenvalue weighted by Crippen LogP contribution is -2.32. The van der Waals surface area contributed by atoms with E-state index in [1.165, 1.54) is 49.6 Å². The summed E-state index contributed by atoms with van der Waals surface area (Å²) in [4.78, 5) is 50.5. The molecule has 14 nitrogen and oxygen atoms in total. The summed E-state index contributed by atoms with van der Waals surface area (Å²) in [7, 11) is 1.38. The van der Waals surface area contributed by atoms with E-state index >= 15 is 0 Å². The van der Waals surface area contributed by atoms with Crippen LogP contribution in [0.3, 0.4) is 0 Å². The van der Waals surface area contributed by atoms with Gasteiger partial charge in [0.2, 0.25) is 11.1 Å². The van der Waals surface area contributed by atoms with Gasteiger partial charge in [-0.2, -0.15) is 0 Å². The van der Waals surface area contributed by atoms with Gasteiger partial charge < -0.3 is 15.4 Å². The number of nitrogens with zero attached hydrogens (tertiary/aromatic N) is 4. The Balaban J connectivity index is 1.64. The molecule has 2 aromatic carbocycles. The zero-order chi connectivity index (χ0) is 27.1. The molecule has 3 N–H and O–H groups in total. The smallest absolute Gasteiger partial charge is 0.296 e. The topological polar surface area (TPSA) is 195 Å². The van der Waals surface area contributed by atoms with Gasteiger partial charge in [0.05, 0.1) is 34.8 Å². The number of thioether (sulfide) groups is 1. The first-order valence-electron chi connectivity index (χ1n) is 10.8. The average molecular weight is 530 g/mol. The largest absolute Gasteiger partial charge is 0.496 e. The number of nitro groups is 2. The second-order valence-corrected chi connectivity index (χ2v) is 8.93. The van der Waals surface area contributed by atoms with E-state index in [0.29, 0.717) is 5.82 Å². The molecule has 3 rings (SSSR count). The number of aromatic amines is 1. The maximum atomic E-state index is 12.7. The highest BCUT2D eigenvalue weighted by Crippen LogP contribution is 2.29. The maximum absolute atomic E-state index is 12.7. The van der Waals surface area contributed by atoms with E-state index in [-0.39, 0.29) is 45.2 Å². The van der Waals surface area contributed by atoms with Crippen LogP contribution in [-0.4, -0.2) is 49.7 Å². The molecule has 0 fully saturated rings. The molecule has 0 aliphatic rings. The molecule has 1 atom stereocenters. The summed E-state index contributed by atoms with van der Waals surface area (Å²) in [5, 5.41) is 34.6. The highest BCUT2D eigenvalue weighted by molar-refractivity contribution is 7.99. The Bertz CT molecular complexity index is 1330. The van der Waals surface area contributed by atoms with Crippen molar-refractivity contribution >= 4 is 40.6 Å². The van der Waals surface area contributed by atoms with Gasteiger partial charge in [0.25, 0.3) is 17.3 Å². The standard InChI is InChI=1S/C22H23N7O7S/c1-12(2)19(24-21(31)13-5-4-6-14(9-13)28(32)33)20-25-22(27-26-20)37-11-18(30)23-16-8-7-15(36-3)10-17(16)29(34)35/h4-10,12,19H,11H2,1-3H3,(H,23,30)(H,24,31)(H,25,26,27)/t19-/m0/s1. The molecule has 37 heavy (non-hydrogen) atoms. The second-order valence-electron chi connectivity index (χ2n) is 7.98. The molecule has 3 aromatic rings. The van der Waals surface area contributed by atoms with Crippen LogP contribution in [0, 0.1) is 26.1 Å². The molecule has 194 valence electrons. The van der Waals surface area contributed by atoms with E-state index in [4.69, 9.17) is 4.74 Å². The molecule has 1 heterocycles. The molecule has 0 spiro atoms. The highest BCUT2D eigenvalue weighted by Gasteiger charge is 2.24. The van der Waals surface area contributed by atoms with Crippen molar-refractivity contribution in [3.63, 3.8) is 0 Å². The number of methoxy groups -OCH3 is 1. The lowest BCUT2D eigenvalue weighted by atomic mass is 10.0. The summed E-state index contributed by atoms with van der Waals surface area (Å²) >= 11 is 0.992. The van der Waals surface area contributed by atoms with Crippen molar-refractivity contribution in [3.8, 4) is 5.75 Å². The van der Waals surface area contributed by atoms with Gasteiger partial charge in [-0.3, -0.25) is 34.9 Å². The van der Waals surface area contributed by atoms with Crippen LogP contribution in [0.25, 0.3) is 0 Å². The number of hydrogen-bond donors (Lipinski definition) is 3. The van der Waals surface area contributed by atoms with Crippen molar-refractivity contribution in [1.82, 2.24) is 20.5 Å². The van der Waals surface area contributed by atoms with Crippen LogP contribution >= 0.6 is 11.8 Å². The van der Waals surface area contributed by atoms with E-state index in [0.717, 1.165) is 11.8 Å². The van der Waals surface area contributed by atoms with Crippen molar-refractivity contribution in [2.75, 3.05) is 18.2 Å². The Morgan fingerprint density at radius 2 is 1.89 bits per heavy atom. The van der Waals surface area contributed by atoms with Gasteiger partial charge in [-0.25, -0.2) is 4.98 Å². The number of carbonyl (C=O) groups is 2. The molecule has 0 bridgehead atoms. The Morgan fingerprint density at radius 1 is 1.14 bits per heavy atom. The van der Waals surface area contributed by atoms with Gasteiger partial charge >= 0.3 is 0 Å². The molecule has 0 aliphatic carbocycles. The Kier molecular flexibility index (Phi) is 8.73. The number of ether oxygens (including phenoxy) is 1. The number of anilines is 1. The van der Waals surface area contributed by atoms with Crippen molar-refractivity contribution in [1.29, 1.82) is 0 Å². The third-order valence-corrected chi connectivity index (χ3v) is 5.90. The Hall–Kier alpha value is -4.53. The van der Waals surface area contributed by atoms with Gasteiger partial charge in [0.15, 0.2) is 0 Å². The number of aromatic nitrogens is 3. The van der Waals surface area contributed by atoms with Crippen molar-refractivity contribution in [2.24, 2.45) is 5.92 Å². The van der Waals surface area contributed by atoms with E-state index in [9.17, 15) is 29.8 Å². The Labute approximate surface area is 214 Å². The van der Waals surface area contributed by atoms with Gasteiger partial charge in [-0.05, 0) is 24.1 Å². The lowest BCUT2D eigenvalue weighted by molar-refractivity contribution is -0.384. The van der Waals surface area contributed by atoms with Crippen molar-refractivity contribution in [2.45, 2.75) is 25.0 Å². The normalized spacial score (nSPS) is 11.6. The number of benzene rings is 2. The van der Waals surface area contributed by atoms with Gasteiger partial charge in [-0.1, -0.05) is 31.7 Å². The SMILES string of the molecule is COc1ccc(NC(=O)CSc2n[nH]c([C@@H](NC(=O)c3cccc([N+](=O)[O-])c3)C(C)C)n2)c([N+](=O)[O-])c1. The Morgan fingerprint density at radius 3 is 2.54 bits per heavy atom. The van der Waals surface area contributed by atoms with E-state index < -0.39 is 27.7 Å². The summed E-state index contributed by atoms with van der Waals surface area (Å²) in [5.41, 5.74) is -0.364. The molecule has 0 saturated heterocycles. The van der Waals surface area contributed by atoms with Gasteiger partial charge in [0.1, 0.15) is 17.3 Å². The molecule has 2 amide bonds. The molecule has 0 aliphatic heterocycles. The predicted octanol–water partition coefficient (Wildman–Crippen LogP) is 3.49. The first kappa shape index (κ1) is 27.1. The zero-order valence-corrected chi connectivity index (χ0v) is 20.8. The summed E-state index contributed by atoms with van der Waals surface area (Å²) in [6.07, 6.45) is 0. The predicted molar refractivity (Wildman–Crippen MR) is 134 cm³/mol. The third-order valence-electron chi connectivity index (χ3n) is 5.06.